The zero-order chi connectivity index (χ0) is 17.3. The van der Waals surface area contributed by atoms with Crippen LogP contribution >= 0.6 is 0 Å². The van der Waals surface area contributed by atoms with Gasteiger partial charge in [-0.05, 0) is 37.0 Å². The Morgan fingerprint density at radius 2 is 1.92 bits per heavy atom. The van der Waals surface area contributed by atoms with Crippen LogP contribution in [0.3, 0.4) is 0 Å². The van der Waals surface area contributed by atoms with Gasteiger partial charge in [0.1, 0.15) is 11.4 Å². The molecule has 0 amide bonds. The maximum absolute atomic E-state index is 12.0. The number of nitrogens with zero attached hydrogens (tertiary/aromatic N) is 2. The molecule has 0 radical (unpaired) electrons. The molecule has 0 unspecified atom stereocenters. The number of hydrogen-bond acceptors (Lipinski definition) is 4. The molecule has 128 valence electrons. The summed E-state index contributed by atoms with van der Waals surface area (Å²) < 4.78 is 5.45. The lowest BCUT2D eigenvalue weighted by Crippen LogP contribution is -2.46. The zero-order valence-electron chi connectivity index (χ0n) is 13.9. The normalized spacial score (nSPS) is 16.9. The maximum atomic E-state index is 12.0. The predicted octanol–water partition coefficient (Wildman–Crippen LogP) is 3.74. The largest absolute Gasteiger partial charge is 0.481 e. The maximum Gasteiger partial charge on any atom is 0.310 e. The Bertz CT molecular complexity index is 880. The molecule has 0 atom stereocenters. The minimum Gasteiger partial charge on any atom is -0.481 e. The molecule has 0 saturated carbocycles. The molecule has 3 heterocycles. The van der Waals surface area contributed by atoms with E-state index in [1.807, 2.05) is 42.5 Å². The molecular formula is C20H20N2O3. The highest BCUT2D eigenvalue weighted by molar-refractivity contribution is 5.88. The van der Waals surface area contributed by atoms with E-state index in [2.05, 4.69) is 9.88 Å². The van der Waals surface area contributed by atoms with E-state index in [0.29, 0.717) is 32.4 Å². The van der Waals surface area contributed by atoms with Crippen LogP contribution in [0.5, 0.6) is 0 Å². The number of pyridine rings is 1. The van der Waals surface area contributed by atoms with Crippen LogP contribution in [0.1, 0.15) is 18.4 Å². The number of carbonyl (C=O) groups is 1. The Hall–Kier alpha value is -2.82. The average Bonchev–Trinajstić information content (AvgIpc) is 3.12. The van der Waals surface area contributed by atoms with E-state index in [-0.39, 0.29) is 0 Å². The predicted molar refractivity (Wildman–Crippen MR) is 95.7 cm³/mol. The van der Waals surface area contributed by atoms with Crippen molar-refractivity contribution in [2.75, 3.05) is 18.0 Å². The molecule has 5 heteroatoms. The summed E-state index contributed by atoms with van der Waals surface area (Å²) in [5, 5.41) is 10.9. The lowest BCUT2D eigenvalue weighted by atomic mass is 9.74. The number of fused-ring (bicyclic) bond motifs is 1. The fraction of sp³-hybridized carbons (Fsp3) is 0.300. The molecule has 0 spiro atoms. The quantitative estimate of drug-likeness (QED) is 0.786. The molecule has 2 aromatic heterocycles. The van der Waals surface area contributed by atoms with Gasteiger partial charge in [0.15, 0.2) is 0 Å². The van der Waals surface area contributed by atoms with Gasteiger partial charge in [-0.3, -0.25) is 4.79 Å². The summed E-state index contributed by atoms with van der Waals surface area (Å²) in [6, 6.07) is 13.7. The van der Waals surface area contributed by atoms with Crippen molar-refractivity contribution in [2.24, 2.45) is 5.41 Å². The molecule has 1 aromatic carbocycles. The molecule has 1 saturated heterocycles. The van der Waals surface area contributed by atoms with Crippen LogP contribution in [0, 0.1) is 5.41 Å². The topological polar surface area (TPSA) is 66.6 Å². The zero-order valence-corrected chi connectivity index (χ0v) is 13.9. The number of aromatic nitrogens is 1. The van der Waals surface area contributed by atoms with Gasteiger partial charge < -0.3 is 14.4 Å². The first-order valence-electron chi connectivity index (χ1n) is 8.52. The van der Waals surface area contributed by atoms with Crippen LogP contribution in [0.4, 0.5) is 5.82 Å². The summed E-state index contributed by atoms with van der Waals surface area (Å²) in [5.74, 6) is 0.176. The number of rotatable bonds is 4. The second kappa shape index (κ2) is 6.24. The third-order valence-corrected chi connectivity index (χ3v) is 5.22. The van der Waals surface area contributed by atoms with Crippen LogP contribution in [0.25, 0.3) is 11.0 Å². The number of piperidine rings is 1. The van der Waals surface area contributed by atoms with Crippen LogP contribution in [-0.2, 0) is 11.2 Å². The first-order valence-corrected chi connectivity index (χ1v) is 8.52. The number of furan rings is 1. The summed E-state index contributed by atoms with van der Waals surface area (Å²) in [6.07, 6.45) is 5.18. The molecule has 1 aliphatic rings. The number of carboxylic acid groups (broad SMARTS) is 1. The van der Waals surface area contributed by atoms with Gasteiger partial charge in [-0.2, -0.15) is 0 Å². The van der Waals surface area contributed by atoms with Gasteiger partial charge in [0.2, 0.25) is 0 Å². The molecule has 1 aliphatic heterocycles. The van der Waals surface area contributed by atoms with Crippen molar-refractivity contribution >= 4 is 22.8 Å². The van der Waals surface area contributed by atoms with E-state index in [4.69, 9.17) is 4.42 Å². The van der Waals surface area contributed by atoms with E-state index in [1.54, 1.807) is 12.5 Å². The minimum absolute atomic E-state index is 0.570. The fourth-order valence-electron chi connectivity index (χ4n) is 3.73. The SMILES string of the molecule is O=C(O)C1(Cc2ccccc2)CCN(c2nccc3occc23)CC1. The minimum atomic E-state index is -0.706. The van der Waals surface area contributed by atoms with E-state index in [0.717, 1.165) is 22.4 Å². The van der Waals surface area contributed by atoms with Gasteiger partial charge in [-0.1, -0.05) is 30.3 Å². The molecule has 1 fully saturated rings. The van der Waals surface area contributed by atoms with Crippen molar-refractivity contribution < 1.29 is 14.3 Å². The first-order chi connectivity index (χ1) is 12.2. The Balaban J connectivity index is 1.56. The number of anilines is 1. The van der Waals surface area contributed by atoms with Crippen molar-refractivity contribution in [3.8, 4) is 0 Å². The second-order valence-electron chi connectivity index (χ2n) is 6.70. The van der Waals surface area contributed by atoms with Gasteiger partial charge in [-0.15, -0.1) is 0 Å². The van der Waals surface area contributed by atoms with Crippen LogP contribution in [0.2, 0.25) is 0 Å². The lowest BCUT2D eigenvalue weighted by molar-refractivity contribution is -0.150. The molecule has 5 nitrogen and oxygen atoms in total. The lowest BCUT2D eigenvalue weighted by Gasteiger charge is -2.39. The monoisotopic (exact) mass is 336 g/mol. The Kier molecular flexibility index (Phi) is 3.92. The van der Waals surface area contributed by atoms with Gasteiger partial charge >= 0.3 is 5.97 Å². The Morgan fingerprint density at radius 3 is 2.64 bits per heavy atom. The fourth-order valence-corrected chi connectivity index (χ4v) is 3.73. The number of aliphatic carboxylic acids is 1. The molecule has 0 aliphatic carbocycles. The summed E-state index contributed by atoms with van der Waals surface area (Å²) >= 11 is 0. The molecule has 3 aromatic rings. The van der Waals surface area contributed by atoms with E-state index in [9.17, 15) is 9.90 Å². The number of carboxylic acids is 1. The molecule has 25 heavy (non-hydrogen) atoms. The van der Waals surface area contributed by atoms with Crippen LogP contribution < -0.4 is 4.90 Å². The summed E-state index contributed by atoms with van der Waals surface area (Å²) in [4.78, 5) is 18.7. The highest BCUT2D eigenvalue weighted by atomic mass is 16.4. The Labute approximate surface area is 145 Å². The molecule has 0 bridgehead atoms. The molecule has 4 rings (SSSR count). The van der Waals surface area contributed by atoms with Crippen molar-refractivity contribution in [3.63, 3.8) is 0 Å². The number of benzene rings is 1. The Morgan fingerprint density at radius 1 is 1.16 bits per heavy atom. The van der Waals surface area contributed by atoms with Gasteiger partial charge in [0, 0.05) is 19.3 Å². The van der Waals surface area contributed by atoms with Crippen molar-refractivity contribution in [3.05, 3.63) is 60.5 Å². The van der Waals surface area contributed by atoms with Crippen molar-refractivity contribution in [1.29, 1.82) is 0 Å². The van der Waals surface area contributed by atoms with E-state index >= 15 is 0 Å². The highest BCUT2D eigenvalue weighted by Gasteiger charge is 2.42. The smallest absolute Gasteiger partial charge is 0.310 e. The van der Waals surface area contributed by atoms with E-state index < -0.39 is 11.4 Å². The van der Waals surface area contributed by atoms with Crippen molar-refractivity contribution in [1.82, 2.24) is 4.98 Å². The average molecular weight is 336 g/mol. The molecule has 1 N–H and O–H groups in total. The van der Waals surface area contributed by atoms with Crippen LogP contribution in [-0.4, -0.2) is 29.1 Å². The van der Waals surface area contributed by atoms with Gasteiger partial charge in [0.25, 0.3) is 0 Å². The van der Waals surface area contributed by atoms with Crippen LogP contribution in [0.15, 0.2) is 59.3 Å². The van der Waals surface area contributed by atoms with Crippen molar-refractivity contribution in [2.45, 2.75) is 19.3 Å². The third-order valence-electron chi connectivity index (χ3n) is 5.22. The van der Waals surface area contributed by atoms with Gasteiger partial charge in [-0.25, -0.2) is 4.98 Å². The first kappa shape index (κ1) is 15.7. The summed E-state index contributed by atoms with van der Waals surface area (Å²) in [6.45, 7) is 1.35. The number of hydrogen-bond donors (Lipinski definition) is 1. The van der Waals surface area contributed by atoms with Gasteiger partial charge in [0.05, 0.1) is 17.1 Å². The highest BCUT2D eigenvalue weighted by Crippen LogP contribution is 2.38. The summed E-state index contributed by atoms with van der Waals surface area (Å²) in [7, 11) is 0. The third kappa shape index (κ3) is 2.86. The molecular weight excluding hydrogens is 316 g/mol. The summed E-state index contributed by atoms with van der Waals surface area (Å²) in [5.41, 5.74) is 1.18. The standard InChI is InChI=1S/C20H20N2O3/c23-19(24)20(14-15-4-2-1-3-5-15)8-11-22(12-9-20)18-16-7-13-25-17(16)6-10-21-18/h1-7,10,13H,8-9,11-12,14H2,(H,23,24). The second-order valence-corrected chi connectivity index (χ2v) is 6.70. The van der Waals surface area contributed by atoms with E-state index in [1.165, 1.54) is 0 Å².